The smallest absolute Gasteiger partial charge is 0.315 e. The van der Waals surface area contributed by atoms with Gasteiger partial charge in [0.25, 0.3) is 5.56 Å². The molecule has 31 heavy (non-hydrogen) atoms. The summed E-state index contributed by atoms with van der Waals surface area (Å²) in [5.41, 5.74) is 0.646. The van der Waals surface area contributed by atoms with Crippen LogP contribution in [-0.2, 0) is 4.74 Å². The van der Waals surface area contributed by atoms with Crippen LogP contribution in [0.5, 0.6) is 0 Å². The van der Waals surface area contributed by atoms with Gasteiger partial charge in [-0.25, -0.2) is 9.78 Å². The second-order valence-corrected chi connectivity index (χ2v) is 8.82. The molecule has 3 heterocycles. The third kappa shape index (κ3) is 5.33. The monoisotopic (exact) mass is 428 g/mol. The van der Waals surface area contributed by atoms with Gasteiger partial charge in [0, 0.05) is 55.0 Å². The van der Waals surface area contributed by atoms with Crippen LogP contribution in [0.3, 0.4) is 0 Å². The molecule has 0 atom stereocenters. The van der Waals surface area contributed by atoms with E-state index in [-0.39, 0.29) is 35.8 Å². The summed E-state index contributed by atoms with van der Waals surface area (Å²) in [6.45, 7) is 5.23. The van der Waals surface area contributed by atoms with Crippen LogP contribution in [0.1, 0.15) is 58.4 Å². The first-order valence-electron chi connectivity index (χ1n) is 11.3. The number of aromatic nitrogens is 3. The average Bonchev–Trinajstić information content (AvgIpc) is 2.75. The molecule has 1 saturated carbocycles. The van der Waals surface area contributed by atoms with E-state index in [4.69, 9.17) is 9.72 Å². The lowest BCUT2D eigenvalue weighted by atomic mass is 9.91. The molecule has 2 aliphatic rings. The Hall–Kier alpha value is -2.68. The second kappa shape index (κ2) is 9.64. The molecule has 3 N–H and O–H groups in total. The lowest BCUT2D eigenvalue weighted by Gasteiger charge is -2.30. The summed E-state index contributed by atoms with van der Waals surface area (Å²) in [7, 11) is 0. The summed E-state index contributed by atoms with van der Waals surface area (Å²) in [5, 5.41) is 10.2. The molecule has 1 aliphatic carbocycles. The van der Waals surface area contributed by atoms with E-state index >= 15 is 0 Å². The number of ether oxygens (including phenoxy) is 1. The van der Waals surface area contributed by atoms with Gasteiger partial charge in [-0.1, -0.05) is 0 Å². The number of rotatable bonds is 5. The van der Waals surface area contributed by atoms with Crippen molar-refractivity contribution in [1.29, 1.82) is 0 Å². The molecule has 2 aromatic heterocycles. The molecule has 168 valence electrons. The molecular formula is C22H32N6O3. The maximum absolute atomic E-state index is 12.6. The number of nitrogens with one attached hydrogen (secondary N) is 3. The van der Waals surface area contributed by atoms with Crippen molar-refractivity contribution in [2.24, 2.45) is 0 Å². The number of carbonyl (C=O) groups excluding carboxylic acids is 1. The highest BCUT2D eigenvalue weighted by molar-refractivity contribution is 5.75. The van der Waals surface area contributed by atoms with Gasteiger partial charge in [0.15, 0.2) is 0 Å². The first kappa shape index (κ1) is 21.5. The highest BCUT2D eigenvalue weighted by Gasteiger charge is 2.24. The number of nitrogens with zero attached hydrogens (tertiary/aromatic N) is 3. The number of amides is 2. The maximum atomic E-state index is 12.6. The molecule has 9 heteroatoms. The number of hydrogen-bond acceptors (Lipinski definition) is 6. The largest absolute Gasteiger partial charge is 0.381 e. The summed E-state index contributed by atoms with van der Waals surface area (Å²) in [6, 6.07) is 3.95. The molecule has 0 bridgehead atoms. The number of anilines is 1. The third-order valence-corrected chi connectivity index (χ3v) is 6.04. The van der Waals surface area contributed by atoms with Crippen molar-refractivity contribution in [2.45, 2.75) is 76.5 Å². The highest BCUT2D eigenvalue weighted by Crippen LogP contribution is 2.25. The van der Waals surface area contributed by atoms with Crippen molar-refractivity contribution in [3.8, 4) is 0 Å². The van der Waals surface area contributed by atoms with Crippen LogP contribution in [0, 0.1) is 0 Å². The SMILES string of the molecule is CC(C)NC(=O)NC1CCC(Nc2ncc3ccc(=O)n(C4CCOCC4)c3n2)CC1. The molecule has 2 amide bonds. The molecule has 2 fully saturated rings. The zero-order valence-electron chi connectivity index (χ0n) is 18.3. The van der Waals surface area contributed by atoms with Gasteiger partial charge < -0.3 is 20.7 Å². The van der Waals surface area contributed by atoms with Crippen LogP contribution >= 0.6 is 0 Å². The van der Waals surface area contributed by atoms with Crippen LogP contribution in [0.4, 0.5) is 10.7 Å². The summed E-state index contributed by atoms with van der Waals surface area (Å²) in [6.07, 6.45) is 7.07. The Morgan fingerprint density at radius 2 is 1.81 bits per heavy atom. The Morgan fingerprint density at radius 1 is 1.10 bits per heavy atom. The second-order valence-electron chi connectivity index (χ2n) is 8.82. The van der Waals surface area contributed by atoms with Gasteiger partial charge in [-0.3, -0.25) is 9.36 Å². The van der Waals surface area contributed by atoms with E-state index < -0.39 is 0 Å². The predicted octanol–water partition coefficient (Wildman–Crippen LogP) is 2.57. The number of pyridine rings is 1. The van der Waals surface area contributed by atoms with Crippen LogP contribution in [0.2, 0.25) is 0 Å². The lowest BCUT2D eigenvalue weighted by molar-refractivity contribution is 0.0697. The first-order valence-corrected chi connectivity index (χ1v) is 11.3. The normalized spacial score (nSPS) is 22.4. The number of hydrogen-bond donors (Lipinski definition) is 3. The number of fused-ring (bicyclic) bond motifs is 1. The van der Waals surface area contributed by atoms with E-state index in [9.17, 15) is 9.59 Å². The topological polar surface area (TPSA) is 110 Å². The minimum atomic E-state index is -0.102. The highest BCUT2D eigenvalue weighted by atomic mass is 16.5. The molecule has 4 rings (SSSR count). The minimum Gasteiger partial charge on any atom is -0.381 e. The zero-order valence-corrected chi connectivity index (χ0v) is 18.3. The van der Waals surface area contributed by atoms with Crippen molar-refractivity contribution < 1.29 is 9.53 Å². The fourth-order valence-electron chi connectivity index (χ4n) is 4.46. The molecule has 2 aromatic rings. The van der Waals surface area contributed by atoms with Gasteiger partial charge in [0.2, 0.25) is 5.95 Å². The predicted molar refractivity (Wildman–Crippen MR) is 119 cm³/mol. The zero-order chi connectivity index (χ0) is 21.8. The Balaban J connectivity index is 1.42. The molecule has 0 radical (unpaired) electrons. The van der Waals surface area contributed by atoms with Gasteiger partial charge in [0.1, 0.15) is 5.65 Å². The van der Waals surface area contributed by atoms with Crippen LogP contribution < -0.4 is 21.5 Å². The summed E-state index contributed by atoms with van der Waals surface area (Å²) >= 11 is 0. The average molecular weight is 429 g/mol. The molecule has 9 nitrogen and oxygen atoms in total. The van der Waals surface area contributed by atoms with Gasteiger partial charge in [-0.15, -0.1) is 0 Å². The molecule has 0 unspecified atom stereocenters. The van der Waals surface area contributed by atoms with Crippen molar-refractivity contribution in [2.75, 3.05) is 18.5 Å². The van der Waals surface area contributed by atoms with Crippen molar-refractivity contribution in [3.63, 3.8) is 0 Å². The van der Waals surface area contributed by atoms with Gasteiger partial charge in [-0.2, -0.15) is 4.98 Å². The van der Waals surface area contributed by atoms with E-state index in [1.165, 1.54) is 0 Å². The van der Waals surface area contributed by atoms with Gasteiger partial charge in [0.05, 0.1) is 0 Å². The third-order valence-electron chi connectivity index (χ3n) is 6.04. The lowest BCUT2D eigenvalue weighted by Crippen LogP contribution is -2.46. The van der Waals surface area contributed by atoms with E-state index in [0.29, 0.717) is 24.8 Å². The Bertz CT molecular complexity index is 961. The Kier molecular flexibility index (Phi) is 6.70. The fourth-order valence-corrected chi connectivity index (χ4v) is 4.46. The van der Waals surface area contributed by atoms with Crippen molar-refractivity contribution >= 4 is 23.0 Å². The number of urea groups is 1. The van der Waals surface area contributed by atoms with E-state index in [0.717, 1.165) is 43.9 Å². The Labute approximate surface area is 182 Å². The minimum absolute atomic E-state index is 0.0321. The van der Waals surface area contributed by atoms with E-state index in [2.05, 4.69) is 20.9 Å². The van der Waals surface area contributed by atoms with Gasteiger partial charge >= 0.3 is 6.03 Å². The van der Waals surface area contributed by atoms with E-state index in [1.807, 2.05) is 13.8 Å². The van der Waals surface area contributed by atoms with Crippen LogP contribution in [-0.4, -0.2) is 51.9 Å². The summed E-state index contributed by atoms with van der Waals surface area (Å²) in [5.74, 6) is 0.549. The molecule has 1 saturated heterocycles. The standard InChI is InChI=1S/C22H32N6O3/c1-14(2)24-22(30)26-17-6-4-16(5-7-17)25-21-23-13-15-3-8-19(29)28(20(15)27-21)18-9-11-31-12-10-18/h3,8,13-14,16-18H,4-7,9-12H2,1-2H3,(H,23,25,27)(H2,24,26,30). The maximum Gasteiger partial charge on any atom is 0.315 e. The molecule has 0 spiro atoms. The quantitative estimate of drug-likeness (QED) is 0.675. The van der Waals surface area contributed by atoms with Crippen LogP contribution in [0.25, 0.3) is 11.0 Å². The fraction of sp³-hybridized carbons (Fsp3) is 0.636. The molecule has 1 aliphatic heterocycles. The molecule has 0 aromatic carbocycles. The molecular weight excluding hydrogens is 396 g/mol. The van der Waals surface area contributed by atoms with Crippen molar-refractivity contribution in [3.05, 3.63) is 28.7 Å². The van der Waals surface area contributed by atoms with Crippen molar-refractivity contribution in [1.82, 2.24) is 25.2 Å². The number of carbonyl (C=O) groups is 1. The Morgan fingerprint density at radius 3 is 2.52 bits per heavy atom. The summed E-state index contributed by atoms with van der Waals surface area (Å²) in [4.78, 5) is 33.7. The van der Waals surface area contributed by atoms with E-state index in [1.54, 1.807) is 22.9 Å². The van der Waals surface area contributed by atoms with Crippen LogP contribution in [0.15, 0.2) is 23.1 Å². The summed E-state index contributed by atoms with van der Waals surface area (Å²) < 4.78 is 7.26. The first-order chi connectivity index (χ1) is 15.0. The van der Waals surface area contributed by atoms with Gasteiger partial charge in [-0.05, 0) is 58.4 Å².